The zero-order chi connectivity index (χ0) is 64.6. The van der Waals surface area contributed by atoms with E-state index >= 15 is 9.59 Å². The summed E-state index contributed by atoms with van der Waals surface area (Å²) in [5, 5.41) is 17.8. The summed E-state index contributed by atoms with van der Waals surface area (Å²) in [7, 11) is 4.54. The quantitative estimate of drug-likeness (QED) is 0.00753. The Labute approximate surface area is 517 Å². The Hall–Kier alpha value is -8.65. The second-order valence-electron chi connectivity index (χ2n) is 23.6. The molecule has 0 heterocycles. The number of hydrogen-bond acceptors (Lipinski definition) is 14. The highest BCUT2D eigenvalue weighted by atomic mass is 16.6. The lowest BCUT2D eigenvalue weighted by atomic mass is 9.95. The molecule has 1 unspecified atom stereocenters. The Kier molecular flexibility index (Phi) is 27.1. The molecular formula is C67H89N9O12. The number of unbranched alkanes of at least 4 members (excludes halogenated alkanes) is 1. The minimum absolute atomic E-state index is 0.103. The van der Waals surface area contributed by atoms with E-state index in [1.165, 1.54) is 21.3 Å². The van der Waals surface area contributed by atoms with E-state index in [9.17, 15) is 19.2 Å². The van der Waals surface area contributed by atoms with Crippen molar-refractivity contribution in [1.29, 1.82) is 0 Å². The van der Waals surface area contributed by atoms with Crippen LogP contribution in [0.15, 0.2) is 108 Å². The monoisotopic (exact) mass is 1210 g/mol. The van der Waals surface area contributed by atoms with E-state index in [0.717, 1.165) is 39.8 Å². The van der Waals surface area contributed by atoms with Crippen LogP contribution < -0.4 is 51.3 Å². The number of rotatable bonds is 33. The fourth-order valence-electron chi connectivity index (χ4n) is 9.63. The lowest BCUT2D eigenvalue weighted by Crippen LogP contribution is -2.59. The van der Waals surface area contributed by atoms with Crippen molar-refractivity contribution in [3.63, 3.8) is 0 Å². The molecule has 0 bridgehead atoms. The average molecular weight is 1210 g/mol. The summed E-state index contributed by atoms with van der Waals surface area (Å²) in [5.41, 5.74) is 21.1. The van der Waals surface area contributed by atoms with E-state index in [0.29, 0.717) is 78.5 Å². The molecule has 0 aromatic heterocycles. The molecule has 0 saturated carbocycles. The third-order valence-electron chi connectivity index (χ3n) is 14.0. The maximum Gasteiger partial charge on any atom is 0.308 e. The second kappa shape index (κ2) is 34.0. The molecule has 0 aliphatic rings. The summed E-state index contributed by atoms with van der Waals surface area (Å²) >= 11 is 0. The Morgan fingerprint density at radius 2 is 1.30 bits per heavy atom. The van der Waals surface area contributed by atoms with Crippen LogP contribution in [0.3, 0.4) is 0 Å². The number of hydrogen-bond donors (Lipinski definition) is 6. The molecule has 0 radical (unpaired) electrons. The highest BCUT2D eigenvalue weighted by Crippen LogP contribution is 2.35. The number of azide groups is 1. The first-order valence-electron chi connectivity index (χ1n) is 29.7. The number of carbonyl (C=O) groups excluding carboxylic acids is 6. The summed E-state index contributed by atoms with van der Waals surface area (Å²) in [5.74, 6) is -2.08. The van der Waals surface area contributed by atoms with Gasteiger partial charge in [0.1, 0.15) is 52.8 Å². The molecule has 0 spiro atoms. The van der Waals surface area contributed by atoms with Gasteiger partial charge in [0.2, 0.25) is 23.6 Å². The summed E-state index contributed by atoms with van der Waals surface area (Å²) in [6, 6.07) is 25.4. The van der Waals surface area contributed by atoms with Gasteiger partial charge in [-0.2, -0.15) is 0 Å². The lowest BCUT2D eigenvalue weighted by Gasteiger charge is -2.28. The summed E-state index contributed by atoms with van der Waals surface area (Å²) in [6.45, 7) is 16.9. The van der Waals surface area contributed by atoms with E-state index in [-0.39, 0.29) is 32.0 Å². The van der Waals surface area contributed by atoms with Gasteiger partial charge in [0.05, 0.1) is 45.5 Å². The standard InChI is InChI=1S/C67H89N9O12/c1-13-46-37-51(85-32-15-14-31-71-76-69)28-29-52(46)47-21-19-44(20-22-47)36-56(74-65(82)57(39-60(78)88-67(7,8)9)73-62(79)54(68)40-87-66(4,5)6)64(81)72-55(18-16-17-45-34-42(2)33-43(3)35-45)63(80)75-61(53-30-27-50(83-11)38-58(53)84-12)48-23-25-49(26-24-48)86-41-59(77)70-10/h19-30,33-35,37-38,54-57,61H,13-18,31-32,36,39-41,68H2,1-12H3,(H,70,77)(H,72,81)(H,73,79)(H,74,82)(H,75,80)/t54-,55-,56-,57-,61?/m0/s1. The van der Waals surface area contributed by atoms with Crippen LogP contribution in [0.5, 0.6) is 23.0 Å². The summed E-state index contributed by atoms with van der Waals surface area (Å²) < 4.78 is 34.5. The van der Waals surface area contributed by atoms with Crippen LogP contribution in [0.4, 0.5) is 0 Å². The van der Waals surface area contributed by atoms with Gasteiger partial charge in [-0.25, -0.2) is 0 Å². The van der Waals surface area contributed by atoms with Crippen LogP contribution >= 0.6 is 0 Å². The van der Waals surface area contributed by atoms with E-state index in [1.54, 1.807) is 84.0 Å². The van der Waals surface area contributed by atoms with E-state index < -0.39 is 77.4 Å². The number of likely N-dealkylation sites (N-methyl/N-ethyl adjacent to an activating group) is 1. The van der Waals surface area contributed by atoms with Gasteiger partial charge in [0.15, 0.2) is 6.61 Å². The van der Waals surface area contributed by atoms with Crippen molar-refractivity contribution in [3.8, 4) is 34.1 Å². The van der Waals surface area contributed by atoms with Crippen LogP contribution in [0.1, 0.15) is 126 Å². The van der Waals surface area contributed by atoms with Crippen LogP contribution in [0, 0.1) is 13.8 Å². The molecule has 21 heteroatoms. The highest BCUT2D eigenvalue weighted by molar-refractivity contribution is 5.96. The van der Waals surface area contributed by atoms with Crippen molar-refractivity contribution in [1.82, 2.24) is 26.6 Å². The molecule has 474 valence electrons. The average Bonchev–Trinajstić information content (AvgIpc) is 3.11. The van der Waals surface area contributed by atoms with Crippen molar-refractivity contribution in [2.45, 2.75) is 155 Å². The predicted octanol–water partition coefficient (Wildman–Crippen LogP) is 8.94. The minimum Gasteiger partial charge on any atom is -0.497 e. The SMILES string of the molecule is CCc1cc(OCCCCN=[N+]=[N-])ccc1-c1ccc(C[C@H](NC(=O)[C@H](CC(=O)OC(C)(C)C)NC(=O)[C@@H](N)COC(C)(C)C)C(=O)N[C@@H](CCCc2cc(C)cc(C)c2)C(=O)NC(c2ccc(OCC(=O)NC)cc2)c2ccc(OC)cc2OC)cc1. The van der Waals surface area contributed by atoms with E-state index in [4.69, 9.17) is 39.7 Å². The Morgan fingerprint density at radius 3 is 1.92 bits per heavy atom. The van der Waals surface area contributed by atoms with Crippen molar-refractivity contribution in [3.05, 3.63) is 153 Å². The number of nitrogens with one attached hydrogen (secondary N) is 5. The number of benzene rings is 5. The van der Waals surface area contributed by atoms with Crippen molar-refractivity contribution >= 4 is 35.5 Å². The van der Waals surface area contributed by atoms with Crippen LogP contribution in [-0.4, -0.2) is 119 Å². The Balaban J connectivity index is 1.56. The third-order valence-corrected chi connectivity index (χ3v) is 14.0. The number of esters is 1. The molecular weight excluding hydrogens is 1120 g/mol. The predicted molar refractivity (Wildman–Crippen MR) is 338 cm³/mol. The molecule has 5 rings (SSSR count). The van der Waals surface area contributed by atoms with E-state index in [1.807, 2.05) is 63.2 Å². The molecule has 0 fully saturated rings. The molecule has 7 N–H and O–H groups in total. The second-order valence-corrected chi connectivity index (χ2v) is 23.6. The molecule has 5 aromatic carbocycles. The number of carbonyl (C=O) groups is 6. The maximum atomic E-state index is 15.3. The largest absolute Gasteiger partial charge is 0.497 e. The Bertz CT molecular complexity index is 3170. The molecule has 5 atom stereocenters. The molecule has 0 aliphatic heterocycles. The van der Waals surface area contributed by atoms with Gasteiger partial charge in [0, 0.05) is 36.6 Å². The third kappa shape index (κ3) is 23.2. The highest BCUT2D eigenvalue weighted by Gasteiger charge is 2.34. The van der Waals surface area contributed by atoms with E-state index in [2.05, 4.69) is 54.8 Å². The zero-order valence-electron chi connectivity index (χ0n) is 53.0. The fourth-order valence-corrected chi connectivity index (χ4v) is 9.63. The van der Waals surface area contributed by atoms with Crippen LogP contribution in [0.25, 0.3) is 21.6 Å². The molecule has 88 heavy (non-hydrogen) atoms. The maximum absolute atomic E-state index is 15.3. The van der Waals surface area contributed by atoms with Crippen molar-refractivity contribution in [2.75, 3.05) is 47.6 Å². The first-order valence-corrected chi connectivity index (χ1v) is 29.7. The minimum atomic E-state index is -1.57. The van der Waals surface area contributed by atoms with Gasteiger partial charge < -0.3 is 60.7 Å². The number of ether oxygens (including phenoxy) is 6. The normalized spacial score (nSPS) is 13.0. The van der Waals surface area contributed by atoms with Crippen molar-refractivity contribution in [2.24, 2.45) is 10.8 Å². The number of nitrogens with zero attached hydrogens (tertiary/aromatic N) is 3. The van der Waals surface area contributed by atoms with Gasteiger partial charge in [-0.3, -0.25) is 28.8 Å². The molecule has 21 nitrogen and oxygen atoms in total. The van der Waals surface area contributed by atoms with Gasteiger partial charge in [0.25, 0.3) is 5.91 Å². The number of aryl methyl sites for hydroxylation is 4. The first kappa shape index (κ1) is 70.1. The summed E-state index contributed by atoms with van der Waals surface area (Å²) in [6.07, 6.45) is 2.56. The fraction of sp³-hybridized carbons (Fsp3) is 0.463. The first-order chi connectivity index (χ1) is 41.8. The van der Waals surface area contributed by atoms with Gasteiger partial charge >= 0.3 is 5.97 Å². The molecule has 0 aliphatic carbocycles. The summed E-state index contributed by atoms with van der Waals surface area (Å²) in [4.78, 5) is 87.6. The number of nitrogens with two attached hydrogens (primary N) is 1. The topological polar surface area (TPSA) is 293 Å². The smallest absolute Gasteiger partial charge is 0.308 e. The van der Waals surface area contributed by atoms with Gasteiger partial charge in [-0.1, -0.05) is 83.8 Å². The molecule has 5 amide bonds. The van der Waals surface area contributed by atoms with Crippen molar-refractivity contribution < 1.29 is 57.2 Å². The number of methoxy groups -OCH3 is 2. The van der Waals surface area contributed by atoms with Gasteiger partial charge in [-0.05, 0) is 169 Å². The molecule has 0 saturated heterocycles. The van der Waals surface area contributed by atoms with Crippen LogP contribution in [-0.2, 0) is 57.5 Å². The Morgan fingerprint density at radius 1 is 0.659 bits per heavy atom. The lowest BCUT2D eigenvalue weighted by molar-refractivity contribution is -0.156. The zero-order valence-corrected chi connectivity index (χ0v) is 53.0. The van der Waals surface area contributed by atoms with Crippen LogP contribution in [0.2, 0.25) is 0 Å². The number of amides is 5. The van der Waals surface area contributed by atoms with Gasteiger partial charge in [-0.15, -0.1) is 0 Å². The molecule has 5 aromatic rings.